The van der Waals surface area contributed by atoms with Crippen molar-refractivity contribution in [1.82, 2.24) is 4.98 Å². The van der Waals surface area contributed by atoms with Gasteiger partial charge in [-0.25, -0.2) is 4.39 Å². The Labute approximate surface area is 75.2 Å². The number of hydrogen-bond acceptors (Lipinski definition) is 2. The number of rotatable bonds is 1. The molecule has 1 aliphatic carbocycles. The average molecular weight is 183 g/mol. The largest absolute Gasteiger partial charge is 0.483 e. The van der Waals surface area contributed by atoms with Gasteiger partial charge in [-0.05, 0) is 30.4 Å². The van der Waals surface area contributed by atoms with Gasteiger partial charge in [0, 0.05) is 6.20 Å². The second-order valence-corrected chi connectivity index (χ2v) is 2.82. The van der Waals surface area contributed by atoms with Crippen molar-refractivity contribution in [2.75, 3.05) is 0 Å². The highest BCUT2D eigenvalue weighted by Gasteiger charge is 2.23. The molecule has 3 nitrogen and oxygen atoms in total. The van der Waals surface area contributed by atoms with E-state index < -0.39 is 0 Å². The van der Waals surface area contributed by atoms with Crippen molar-refractivity contribution >= 4 is 6.47 Å². The Hall–Kier alpha value is -1.45. The van der Waals surface area contributed by atoms with Gasteiger partial charge >= 0.3 is 0 Å². The molecule has 70 valence electrons. The third kappa shape index (κ3) is 3.19. The molecule has 0 radical (unpaired) electrons. The predicted molar refractivity (Wildman–Crippen MR) is 44.9 cm³/mol. The molecular formula is C9H10FNO2. The van der Waals surface area contributed by atoms with E-state index in [0.717, 1.165) is 5.56 Å². The highest BCUT2D eigenvalue weighted by Crippen LogP contribution is 2.39. The van der Waals surface area contributed by atoms with Gasteiger partial charge in [-0.2, -0.15) is 0 Å². The molecule has 0 spiro atoms. The first kappa shape index (κ1) is 9.64. The van der Waals surface area contributed by atoms with Crippen LogP contribution in [-0.4, -0.2) is 16.6 Å². The lowest BCUT2D eigenvalue weighted by Gasteiger charge is -1.94. The molecule has 1 heterocycles. The van der Waals surface area contributed by atoms with Crippen LogP contribution < -0.4 is 0 Å². The Morgan fingerprint density at radius 1 is 1.54 bits per heavy atom. The SMILES string of the molecule is Fc1cncc(C2CC2)c1.O=CO. The van der Waals surface area contributed by atoms with Gasteiger partial charge in [0.05, 0.1) is 6.20 Å². The molecule has 1 saturated carbocycles. The fraction of sp³-hybridized carbons (Fsp3) is 0.333. The average Bonchev–Trinajstić information content (AvgIpc) is 2.87. The monoisotopic (exact) mass is 183 g/mol. The fourth-order valence-electron chi connectivity index (χ4n) is 1.07. The van der Waals surface area contributed by atoms with Gasteiger partial charge in [-0.3, -0.25) is 9.78 Å². The normalized spacial score (nSPS) is 14.2. The van der Waals surface area contributed by atoms with Crippen LogP contribution in [0.5, 0.6) is 0 Å². The topological polar surface area (TPSA) is 50.2 Å². The number of halogens is 1. The highest BCUT2D eigenvalue weighted by molar-refractivity contribution is 5.32. The van der Waals surface area contributed by atoms with Gasteiger partial charge in [-0.1, -0.05) is 0 Å². The molecule has 0 saturated heterocycles. The van der Waals surface area contributed by atoms with Crippen LogP contribution >= 0.6 is 0 Å². The van der Waals surface area contributed by atoms with Crippen molar-refractivity contribution in [2.45, 2.75) is 18.8 Å². The van der Waals surface area contributed by atoms with E-state index in [9.17, 15) is 4.39 Å². The molecule has 4 heteroatoms. The molecule has 2 rings (SSSR count). The van der Waals surface area contributed by atoms with Crippen LogP contribution in [0.25, 0.3) is 0 Å². The lowest BCUT2D eigenvalue weighted by molar-refractivity contribution is -0.122. The molecule has 13 heavy (non-hydrogen) atoms. The van der Waals surface area contributed by atoms with Crippen molar-refractivity contribution in [3.05, 3.63) is 29.8 Å². The Bertz CT molecular complexity index is 287. The fourth-order valence-corrected chi connectivity index (χ4v) is 1.07. The second kappa shape index (κ2) is 4.54. The van der Waals surface area contributed by atoms with E-state index >= 15 is 0 Å². The maximum absolute atomic E-state index is 12.5. The minimum atomic E-state index is -0.250. The quantitative estimate of drug-likeness (QED) is 0.675. The van der Waals surface area contributed by atoms with Gasteiger partial charge in [0.15, 0.2) is 0 Å². The first-order chi connectivity index (χ1) is 6.27. The van der Waals surface area contributed by atoms with E-state index in [0.29, 0.717) is 5.92 Å². The highest BCUT2D eigenvalue weighted by atomic mass is 19.1. The van der Waals surface area contributed by atoms with Crippen molar-refractivity contribution < 1.29 is 14.3 Å². The molecule has 0 aliphatic heterocycles. The van der Waals surface area contributed by atoms with E-state index in [2.05, 4.69) is 4.98 Å². The molecule has 0 bridgehead atoms. The maximum Gasteiger partial charge on any atom is 0.290 e. The van der Waals surface area contributed by atoms with Gasteiger partial charge < -0.3 is 5.11 Å². The molecule has 0 amide bonds. The summed E-state index contributed by atoms with van der Waals surface area (Å²) in [6.07, 6.45) is 5.39. The first-order valence-corrected chi connectivity index (χ1v) is 3.96. The van der Waals surface area contributed by atoms with E-state index in [4.69, 9.17) is 9.90 Å². The van der Waals surface area contributed by atoms with Gasteiger partial charge in [0.1, 0.15) is 5.82 Å². The zero-order valence-electron chi connectivity index (χ0n) is 6.98. The van der Waals surface area contributed by atoms with Gasteiger partial charge in [0.25, 0.3) is 6.47 Å². The Morgan fingerprint density at radius 3 is 2.62 bits per heavy atom. The second-order valence-electron chi connectivity index (χ2n) is 2.82. The summed E-state index contributed by atoms with van der Waals surface area (Å²) in [7, 11) is 0. The summed E-state index contributed by atoms with van der Waals surface area (Å²) in [5, 5.41) is 6.89. The van der Waals surface area contributed by atoms with Crippen LogP contribution in [0.15, 0.2) is 18.5 Å². The van der Waals surface area contributed by atoms with Gasteiger partial charge in [0.2, 0.25) is 0 Å². The van der Waals surface area contributed by atoms with E-state index in [1.54, 1.807) is 12.3 Å². The number of aromatic nitrogens is 1. The molecule has 1 fully saturated rings. The molecule has 0 aromatic carbocycles. The van der Waals surface area contributed by atoms with Crippen molar-refractivity contribution in [2.24, 2.45) is 0 Å². The van der Waals surface area contributed by atoms with Crippen molar-refractivity contribution in [1.29, 1.82) is 0 Å². The molecule has 1 aliphatic rings. The predicted octanol–water partition coefficient (Wildman–Crippen LogP) is 1.80. The van der Waals surface area contributed by atoms with Gasteiger partial charge in [-0.15, -0.1) is 0 Å². The van der Waals surface area contributed by atoms with Crippen LogP contribution in [-0.2, 0) is 4.79 Å². The van der Waals surface area contributed by atoms with Crippen molar-refractivity contribution in [3.63, 3.8) is 0 Å². The molecule has 1 aromatic rings. The number of pyridine rings is 1. The van der Waals surface area contributed by atoms with Crippen LogP contribution in [0.2, 0.25) is 0 Å². The lowest BCUT2D eigenvalue weighted by atomic mass is 10.2. The number of hydrogen-bond donors (Lipinski definition) is 1. The van der Waals surface area contributed by atoms with E-state index in [-0.39, 0.29) is 12.3 Å². The number of carbonyl (C=O) groups is 1. The molecular weight excluding hydrogens is 173 g/mol. The minimum Gasteiger partial charge on any atom is -0.483 e. The van der Waals surface area contributed by atoms with E-state index in [1.165, 1.54) is 19.0 Å². The summed E-state index contributed by atoms with van der Waals surface area (Å²) in [5.74, 6) is 0.382. The summed E-state index contributed by atoms with van der Waals surface area (Å²) < 4.78 is 12.5. The van der Waals surface area contributed by atoms with Crippen LogP contribution in [0, 0.1) is 5.82 Å². The Balaban J connectivity index is 0.000000251. The Morgan fingerprint density at radius 2 is 2.15 bits per heavy atom. The third-order valence-electron chi connectivity index (χ3n) is 1.77. The van der Waals surface area contributed by atoms with Crippen LogP contribution in [0.3, 0.4) is 0 Å². The summed E-state index contributed by atoms with van der Waals surface area (Å²) in [5.41, 5.74) is 1.06. The van der Waals surface area contributed by atoms with Crippen LogP contribution in [0.4, 0.5) is 4.39 Å². The van der Waals surface area contributed by atoms with Crippen molar-refractivity contribution in [3.8, 4) is 0 Å². The van der Waals surface area contributed by atoms with Crippen LogP contribution in [0.1, 0.15) is 24.3 Å². The molecule has 1 N–H and O–H groups in total. The summed E-state index contributed by atoms with van der Waals surface area (Å²) in [4.78, 5) is 12.1. The molecule has 0 atom stereocenters. The zero-order valence-corrected chi connectivity index (χ0v) is 6.98. The summed E-state index contributed by atoms with van der Waals surface area (Å²) >= 11 is 0. The summed E-state index contributed by atoms with van der Waals surface area (Å²) in [6.45, 7) is -0.250. The third-order valence-corrected chi connectivity index (χ3v) is 1.77. The maximum atomic E-state index is 12.5. The van der Waals surface area contributed by atoms with E-state index in [1.807, 2.05) is 0 Å². The molecule has 1 aromatic heterocycles. The minimum absolute atomic E-state index is 0.218. The smallest absolute Gasteiger partial charge is 0.290 e. The number of nitrogens with zero attached hydrogens (tertiary/aromatic N) is 1. The standard InChI is InChI=1S/C8H8FN.CH2O2/c9-8-3-7(4-10-5-8)6-1-2-6;2-1-3/h3-6H,1-2H2;1H,(H,2,3). The Kier molecular flexibility index (Phi) is 3.37. The first-order valence-electron chi connectivity index (χ1n) is 3.96. The zero-order chi connectivity index (χ0) is 9.68. The number of carboxylic acid groups (broad SMARTS) is 1. The lowest BCUT2D eigenvalue weighted by Crippen LogP contribution is -1.83. The molecule has 0 unspecified atom stereocenters. The summed E-state index contributed by atoms with van der Waals surface area (Å²) in [6, 6.07) is 1.57.